The first-order valence-corrected chi connectivity index (χ1v) is 9.53. The van der Waals surface area contributed by atoms with Crippen molar-refractivity contribution in [3.05, 3.63) is 82.4 Å². The van der Waals surface area contributed by atoms with Crippen LogP contribution in [-0.2, 0) is 18.6 Å². The molecule has 1 N–H and O–H groups in total. The van der Waals surface area contributed by atoms with E-state index < -0.39 is 5.60 Å². The van der Waals surface area contributed by atoms with Gasteiger partial charge in [0.15, 0.2) is 0 Å². The predicted molar refractivity (Wildman–Crippen MR) is 109 cm³/mol. The molecular formula is C21H22Cl2N2O2. The molecule has 3 aromatic rings. The number of para-hydroxylation sites is 1. The Morgan fingerprint density at radius 1 is 1.19 bits per heavy atom. The van der Waals surface area contributed by atoms with Gasteiger partial charge in [0.25, 0.3) is 0 Å². The van der Waals surface area contributed by atoms with E-state index in [2.05, 4.69) is 4.98 Å². The van der Waals surface area contributed by atoms with Gasteiger partial charge in [0, 0.05) is 28.0 Å². The van der Waals surface area contributed by atoms with Crippen molar-refractivity contribution in [3.63, 3.8) is 0 Å². The zero-order chi connectivity index (χ0) is 19.3. The van der Waals surface area contributed by atoms with Crippen molar-refractivity contribution in [2.45, 2.75) is 31.4 Å². The summed E-state index contributed by atoms with van der Waals surface area (Å²) < 4.78 is 7.27. The van der Waals surface area contributed by atoms with Crippen molar-refractivity contribution in [1.82, 2.24) is 9.55 Å². The quantitative estimate of drug-likeness (QED) is 0.567. The second-order valence-corrected chi connectivity index (χ2v) is 7.40. The number of halogens is 2. The molecule has 0 spiro atoms. The Hall–Kier alpha value is -2.01. The van der Waals surface area contributed by atoms with Gasteiger partial charge in [-0.3, -0.25) is 0 Å². The minimum atomic E-state index is -1.13. The molecule has 1 atom stereocenters. The number of nitrogens with zero attached hydrogens (tertiary/aromatic N) is 2. The largest absolute Gasteiger partial charge is 0.496 e. The number of rotatable bonds is 8. The molecule has 2 aromatic carbocycles. The van der Waals surface area contributed by atoms with Crippen LogP contribution in [0.2, 0.25) is 10.0 Å². The zero-order valence-electron chi connectivity index (χ0n) is 15.1. The van der Waals surface area contributed by atoms with Crippen LogP contribution in [0.5, 0.6) is 5.75 Å². The highest BCUT2D eigenvalue weighted by atomic mass is 35.5. The molecule has 1 aromatic heterocycles. The molecule has 27 heavy (non-hydrogen) atoms. The van der Waals surface area contributed by atoms with Crippen molar-refractivity contribution >= 4 is 23.2 Å². The number of ether oxygens (including phenoxy) is 1. The summed E-state index contributed by atoms with van der Waals surface area (Å²) in [5, 5.41) is 12.5. The lowest BCUT2D eigenvalue weighted by Gasteiger charge is -2.30. The minimum absolute atomic E-state index is 0.361. The third-order valence-corrected chi connectivity index (χ3v) is 5.21. The van der Waals surface area contributed by atoms with E-state index in [1.54, 1.807) is 37.8 Å². The highest BCUT2D eigenvalue weighted by Gasteiger charge is 2.31. The number of methoxy groups -OCH3 is 1. The first-order valence-electron chi connectivity index (χ1n) is 8.77. The standard InChI is InChI=1S/C21H22Cl2N2O2/c1-27-20-7-3-2-5-16(20)6-4-10-21(26,14-25-12-11-24-15-25)18-9-8-17(22)13-19(18)23/h2-3,5,7-9,11-13,15,26H,4,6,10,14H2,1H3. The Balaban J connectivity index is 1.81. The van der Waals surface area contributed by atoms with Crippen molar-refractivity contribution in [1.29, 1.82) is 0 Å². The van der Waals surface area contributed by atoms with E-state index >= 15 is 0 Å². The van der Waals surface area contributed by atoms with Crippen molar-refractivity contribution in [2.75, 3.05) is 7.11 Å². The van der Waals surface area contributed by atoms with E-state index in [9.17, 15) is 5.11 Å². The normalized spacial score (nSPS) is 13.3. The molecule has 0 aliphatic rings. The minimum Gasteiger partial charge on any atom is -0.496 e. The lowest BCUT2D eigenvalue weighted by molar-refractivity contribution is 0.00782. The zero-order valence-corrected chi connectivity index (χ0v) is 16.6. The Morgan fingerprint density at radius 2 is 2.00 bits per heavy atom. The molecule has 0 amide bonds. The molecule has 0 aliphatic carbocycles. The maximum atomic E-state index is 11.5. The van der Waals surface area contributed by atoms with Crippen LogP contribution in [0.15, 0.2) is 61.2 Å². The summed E-state index contributed by atoms with van der Waals surface area (Å²) in [6.45, 7) is 0.361. The fraction of sp³-hybridized carbons (Fsp3) is 0.286. The molecule has 0 saturated carbocycles. The molecule has 4 nitrogen and oxygen atoms in total. The number of hydrogen-bond donors (Lipinski definition) is 1. The van der Waals surface area contributed by atoms with Crippen LogP contribution in [0.1, 0.15) is 24.0 Å². The predicted octanol–water partition coefficient (Wildman–Crippen LogP) is 5.11. The monoisotopic (exact) mass is 404 g/mol. The molecule has 3 rings (SSSR count). The van der Waals surface area contributed by atoms with Gasteiger partial charge in [-0.05, 0) is 43.0 Å². The van der Waals surface area contributed by atoms with Crippen LogP contribution in [0.25, 0.3) is 0 Å². The van der Waals surface area contributed by atoms with Crippen molar-refractivity contribution in [2.24, 2.45) is 0 Å². The van der Waals surface area contributed by atoms with E-state index in [-0.39, 0.29) is 0 Å². The first kappa shape index (κ1) is 19.7. The van der Waals surface area contributed by atoms with Gasteiger partial charge in [-0.2, -0.15) is 0 Å². The summed E-state index contributed by atoms with van der Waals surface area (Å²) in [6, 6.07) is 13.1. The average molecular weight is 405 g/mol. The number of aromatic nitrogens is 2. The van der Waals surface area contributed by atoms with Crippen LogP contribution in [0, 0.1) is 0 Å². The Labute approximate surface area is 169 Å². The summed E-state index contributed by atoms with van der Waals surface area (Å²) in [7, 11) is 1.67. The van der Waals surface area contributed by atoms with Gasteiger partial charge in [0.2, 0.25) is 0 Å². The second-order valence-electron chi connectivity index (χ2n) is 6.56. The van der Waals surface area contributed by atoms with Crippen LogP contribution < -0.4 is 4.74 Å². The Morgan fingerprint density at radius 3 is 2.70 bits per heavy atom. The Bertz CT molecular complexity index is 884. The summed E-state index contributed by atoms with van der Waals surface area (Å²) in [6.07, 6.45) is 7.30. The Kier molecular flexibility index (Phi) is 6.42. The number of aliphatic hydroxyl groups is 1. The molecule has 142 valence electrons. The molecular weight excluding hydrogens is 383 g/mol. The SMILES string of the molecule is COc1ccccc1CCCC(O)(Cn1ccnc1)c1ccc(Cl)cc1Cl. The first-order chi connectivity index (χ1) is 13.0. The fourth-order valence-electron chi connectivity index (χ4n) is 3.33. The van der Waals surface area contributed by atoms with Crippen molar-refractivity contribution < 1.29 is 9.84 Å². The molecule has 1 heterocycles. The second kappa shape index (κ2) is 8.79. The fourth-order valence-corrected chi connectivity index (χ4v) is 3.91. The van der Waals surface area contributed by atoms with E-state index in [0.29, 0.717) is 28.6 Å². The maximum absolute atomic E-state index is 11.5. The van der Waals surface area contributed by atoms with Gasteiger partial charge < -0.3 is 14.4 Å². The number of imidazole rings is 1. The molecule has 0 saturated heterocycles. The topological polar surface area (TPSA) is 47.3 Å². The molecule has 0 radical (unpaired) electrons. The highest BCUT2D eigenvalue weighted by molar-refractivity contribution is 6.35. The van der Waals surface area contributed by atoms with Gasteiger partial charge in [0.05, 0.1) is 20.0 Å². The highest BCUT2D eigenvalue weighted by Crippen LogP contribution is 2.36. The van der Waals surface area contributed by atoms with Crippen LogP contribution in [0.3, 0.4) is 0 Å². The number of aryl methyl sites for hydroxylation is 1. The summed E-state index contributed by atoms with van der Waals surface area (Å²) in [5.74, 6) is 0.861. The van der Waals surface area contributed by atoms with Crippen LogP contribution in [-0.4, -0.2) is 21.8 Å². The van der Waals surface area contributed by atoms with Crippen LogP contribution >= 0.6 is 23.2 Å². The van der Waals surface area contributed by atoms with E-state index in [0.717, 1.165) is 24.2 Å². The van der Waals surface area contributed by atoms with Gasteiger partial charge in [-0.25, -0.2) is 4.98 Å². The summed E-state index contributed by atoms with van der Waals surface area (Å²) in [4.78, 5) is 4.07. The van der Waals surface area contributed by atoms with Gasteiger partial charge in [-0.1, -0.05) is 47.5 Å². The lowest BCUT2D eigenvalue weighted by Crippen LogP contribution is -2.31. The van der Waals surface area contributed by atoms with Gasteiger partial charge >= 0.3 is 0 Å². The maximum Gasteiger partial charge on any atom is 0.122 e. The third kappa shape index (κ3) is 4.83. The summed E-state index contributed by atoms with van der Waals surface area (Å²) in [5.41, 5.74) is 0.652. The third-order valence-electron chi connectivity index (χ3n) is 4.66. The number of hydrogen-bond acceptors (Lipinski definition) is 3. The van der Waals surface area contributed by atoms with Crippen molar-refractivity contribution in [3.8, 4) is 5.75 Å². The van der Waals surface area contributed by atoms with E-state index in [1.807, 2.05) is 35.0 Å². The van der Waals surface area contributed by atoms with E-state index in [4.69, 9.17) is 27.9 Å². The average Bonchev–Trinajstić information content (AvgIpc) is 3.14. The molecule has 1 unspecified atom stereocenters. The molecule has 6 heteroatoms. The lowest BCUT2D eigenvalue weighted by atomic mass is 9.87. The van der Waals surface area contributed by atoms with Gasteiger partial charge in [0.1, 0.15) is 11.4 Å². The smallest absolute Gasteiger partial charge is 0.122 e. The molecule has 0 fully saturated rings. The van der Waals surface area contributed by atoms with Crippen LogP contribution in [0.4, 0.5) is 0 Å². The number of benzene rings is 2. The summed E-state index contributed by atoms with van der Waals surface area (Å²) >= 11 is 12.4. The van der Waals surface area contributed by atoms with Gasteiger partial charge in [-0.15, -0.1) is 0 Å². The molecule has 0 bridgehead atoms. The molecule has 0 aliphatic heterocycles. The van der Waals surface area contributed by atoms with E-state index in [1.165, 1.54) is 0 Å².